The van der Waals surface area contributed by atoms with Gasteiger partial charge in [-0.25, -0.2) is 0 Å². The van der Waals surface area contributed by atoms with Crippen LogP contribution < -0.4 is 10.1 Å². The first-order valence-electron chi connectivity index (χ1n) is 6.43. The molecule has 0 spiro atoms. The van der Waals surface area contributed by atoms with E-state index in [1.54, 1.807) is 30.3 Å². The summed E-state index contributed by atoms with van der Waals surface area (Å²) in [4.78, 5) is 20.7. The van der Waals surface area contributed by atoms with Crippen LogP contribution in [0.1, 0.15) is 0 Å². The van der Waals surface area contributed by atoms with Crippen molar-refractivity contribution in [3.63, 3.8) is 0 Å². The average molecular weight is 303 g/mol. The zero-order valence-electron chi connectivity index (χ0n) is 11.5. The van der Waals surface area contributed by atoms with E-state index in [2.05, 4.69) is 5.32 Å². The van der Waals surface area contributed by atoms with E-state index in [0.29, 0.717) is 5.69 Å². The number of ether oxygens (including phenoxy) is 1. The molecule has 0 amide bonds. The number of para-hydroxylation sites is 4. The molecule has 0 unspecified atom stereocenters. The number of rotatable bonds is 7. The van der Waals surface area contributed by atoms with Gasteiger partial charge in [-0.2, -0.15) is 0 Å². The summed E-state index contributed by atoms with van der Waals surface area (Å²) in [6.07, 6.45) is 0. The molecule has 0 aliphatic rings. The largest absolute Gasteiger partial charge is 0.485 e. The number of nitrogens with one attached hydrogen (secondary N) is 1. The van der Waals surface area contributed by atoms with Gasteiger partial charge in [0.05, 0.1) is 9.85 Å². The Labute approximate surface area is 125 Å². The van der Waals surface area contributed by atoms with Crippen molar-refractivity contribution in [3.8, 4) is 5.75 Å². The van der Waals surface area contributed by atoms with Crippen molar-refractivity contribution in [2.24, 2.45) is 0 Å². The molecule has 2 aromatic carbocycles. The monoisotopic (exact) mass is 303 g/mol. The van der Waals surface area contributed by atoms with Crippen LogP contribution in [0.15, 0.2) is 48.5 Å². The fourth-order valence-electron chi connectivity index (χ4n) is 1.86. The lowest BCUT2D eigenvalue weighted by atomic mass is 10.2. The maximum atomic E-state index is 10.9. The smallest absolute Gasteiger partial charge is 0.310 e. The van der Waals surface area contributed by atoms with Gasteiger partial charge in [0.2, 0.25) is 0 Å². The minimum absolute atomic E-state index is 0.0341. The Morgan fingerprint density at radius 3 is 2.18 bits per heavy atom. The lowest BCUT2D eigenvalue weighted by Crippen LogP contribution is -2.13. The zero-order valence-corrected chi connectivity index (χ0v) is 11.5. The minimum atomic E-state index is -0.523. The lowest BCUT2D eigenvalue weighted by molar-refractivity contribution is -0.385. The predicted octanol–water partition coefficient (Wildman–Crippen LogP) is 2.99. The van der Waals surface area contributed by atoms with E-state index in [1.807, 2.05) is 0 Å². The SMILES string of the molecule is O=[N+]([O-])c1ccccc1NCCOc1ccccc1[N+](=O)[O-]. The molecule has 0 aliphatic carbocycles. The van der Waals surface area contributed by atoms with Crippen LogP contribution in [-0.2, 0) is 0 Å². The number of hydrogen-bond donors (Lipinski definition) is 1. The Bertz CT molecular complexity index is 630. The van der Waals surface area contributed by atoms with Crippen LogP contribution in [0.2, 0.25) is 0 Å². The van der Waals surface area contributed by atoms with Crippen molar-refractivity contribution in [2.45, 2.75) is 0 Å². The molecule has 0 heterocycles. The summed E-state index contributed by atoms with van der Waals surface area (Å²) in [6.45, 7) is 0.411. The molecule has 0 aliphatic heterocycles. The molecule has 0 radical (unpaired) electrons. The standard InChI is InChI=1S/C14H13N3O5/c18-16(19)12-6-2-1-5-11(12)15-9-10-22-14-8-4-3-7-13(14)17(20)21/h1-8,15H,9-10H2. The van der Waals surface area contributed by atoms with E-state index in [0.717, 1.165) is 0 Å². The summed E-state index contributed by atoms with van der Waals surface area (Å²) in [7, 11) is 0. The second-order valence-electron chi connectivity index (χ2n) is 4.27. The van der Waals surface area contributed by atoms with Gasteiger partial charge in [-0.3, -0.25) is 20.2 Å². The number of anilines is 1. The van der Waals surface area contributed by atoms with Crippen LogP contribution in [0.4, 0.5) is 17.1 Å². The minimum Gasteiger partial charge on any atom is -0.485 e. The van der Waals surface area contributed by atoms with Gasteiger partial charge >= 0.3 is 5.69 Å². The Morgan fingerprint density at radius 2 is 1.50 bits per heavy atom. The molecule has 22 heavy (non-hydrogen) atoms. The molecule has 8 nitrogen and oxygen atoms in total. The molecule has 0 aromatic heterocycles. The third-order valence-corrected chi connectivity index (χ3v) is 2.84. The highest BCUT2D eigenvalue weighted by Crippen LogP contribution is 2.26. The number of nitro benzene ring substituents is 2. The van der Waals surface area contributed by atoms with E-state index < -0.39 is 9.85 Å². The van der Waals surface area contributed by atoms with Gasteiger partial charge in [-0.1, -0.05) is 24.3 Å². The first kappa shape index (κ1) is 15.2. The Morgan fingerprint density at radius 1 is 0.909 bits per heavy atom. The fourth-order valence-corrected chi connectivity index (χ4v) is 1.86. The van der Waals surface area contributed by atoms with E-state index in [4.69, 9.17) is 4.74 Å². The highest BCUT2D eigenvalue weighted by atomic mass is 16.6. The van der Waals surface area contributed by atoms with Gasteiger partial charge in [-0.05, 0) is 12.1 Å². The third-order valence-electron chi connectivity index (χ3n) is 2.84. The van der Waals surface area contributed by atoms with Gasteiger partial charge in [0.15, 0.2) is 5.75 Å². The highest BCUT2D eigenvalue weighted by Gasteiger charge is 2.14. The van der Waals surface area contributed by atoms with Crippen molar-refractivity contribution in [3.05, 3.63) is 68.8 Å². The fraction of sp³-hybridized carbons (Fsp3) is 0.143. The van der Waals surface area contributed by atoms with E-state index >= 15 is 0 Å². The van der Waals surface area contributed by atoms with Crippen molar-refractivity contribution in [2.75, 3.05) is 18.5 Å². The molecule has 1 N–H and O–H groups in total. The summed E-state index contributed by atoms with van der Waals surface area (Å²) in [5.41, 5.74) is 0.222. The molecular weight excluding hydrogens is 290 g/mol. The number of benzene rings is 2. The highest BCUT2D eigenvalue weighted by molar-refractivity contribution is 5.61. The van der Waals surface area contributed by atoms with E-state index in [-0.39, 0.29) is 30.3 Å². The summed E-state index contributed by atoms with van der Waals surface area (Å²) < 4.78 is 5.35. The molecular formula is C14H13N3O5. The Kier molecular flexibility index (Phi) is 4.86. The van der Waals surface area contributed by atoms with Crippen LogP contribution in [0.25, 0.3) is 0 Å². The quantitative estimate of drug-likeness (QED) is 0.478. The summed E-state index contributed by atoms with van der Waals surface area (Å²) in [5, 5.41) is 24.6. The number of hydrogen-bond acceptors (Lipinski definition) is 6. The molecule has 0 fully saturated rings. The van der Waals surface area contributed by atoms with Gasteiger partial charge in [-0.15, -0.1) is 0 Å². The summed E-state index contributed by atoms with van der Waals surface area (Å²) >= 11 is 0. The zero-order chi connectivity index (χ0) is 15.9. The molecule has 2 aromatic rings. The van der Waals surface area contributed by atoms with Crippen LogP contribution in [0, 0.1) is 20.2 Å². The van der Waals surface area contributed by atoms with Gasteiger partial charge in [0.1, 0.15) is 12.3 Å². The van der Waals surface area contributed by atoms with Crippen molar-refractivity contribution in [1.29, 1.82) is 0 Å². The van der Waals surface area contributed by atoms with E-state index in [9.17, 15) is 20.2 Å². The Balaban J connectivity index is 1.93. The molecule has 0 bridgehead atoms. The molecule has 0 saturated heterocycles. The van der Waals surface area contributed by atoms with Gasteiger partial charge < -0.3 is 10.1 Å². The van der Waals surface area contributed by atoms with Crippen LogP contribution in [0.3, 0.4) is 0 Å². The number of nitro groups is 2. The van der Waals surface area contributed by atoms with Gasteiger partial charge in [0, 0.05) is 18.7 Å². The molecule has 0 atom stereocenters. The topological polar surface area (TPSA) is 108 Å². The first-order valence-corrected chi connectivity index (χ1v) is 6.43. The Hall–Kier alpha value is -3.16. The second kappa shape index (κ2) is 7.02. The molecule has 114 valence electrons. The van der Waals surface area contributed by atoms with Crippen LogP contribution >= 0.6 is 0 Å². The third kappa shape index (κ3) is 3.69. The second-order valence-corrected chi connectivity index (χ2v) is 4.27. The van der Waals surface area contributed by atoms with Crippen LogP contribution in [-0.4, -0.2) is 23.0 Å². The van der Waals surface area contributed by atoms with Crippen LogP contribution in [0.5, 0.6) is 5.75 Å². The lowest BCUT2D eigenvalue weighted by Gasteiger charge is -2.09. The molecule has 2 rings (SSSR count). The normalized spacial score (nSPS) is 10.0. The van der Waals surface area contributed by atoms with Crippen molar-refractivity contribution >= 4 is 17.1 Å². The maximum absolute atomic E-state index is 10.9. The van der Waals surface area contributed by atoms with Gasteiger partial charge in [0.25, 0.3) is 5.69 Å². The summed E-state index contributed by atoms with van der Waals surface area (Å²) in [5.74, 6) is 0.164. The molecule has 0 saturated carbocycles. The summed E-state index contributed by atoms with van der Waals surface area (Å²) in [6, 6.07) is 12.3. The maximum Gasteiger partial charge on any atom is 0.310 e. The van der Waals surface area contributed by atoms with Crippen molar-refractivity contribution in [1.82, 2.24) is 0 Å². The number of nitrogens with zero attached hydrogens (tertiary/aromatic N) is 2. The predicted molar refractivity (Wildman–Crippen MR) is 80.2 cm³/mol. The van der Waals surface area contributed by atoms with Crippen molar-refractivity contribution < 1.29 is 14.6 Å². The van der Waals surface area contributed by atoms with E-state index in [1.165, 1.54) is 18.2 Å². The molecule has 8 heteroatoms. The first-order chi connectivity index (χ1) is 10.6. The average Bonchev–Trinajstić information content (AvgIpc) is 2.52.